The van der Waals surface area contributed by atoms with Gasteiger partial charge in [-0.15, -0.1) is 11.3 Å². The second-order valence-corrected chi connectivity index (χ2v) is 3.80. The maximum atomic E-state index is 5.41. The lowest BCUT2D eigenvalue weighted by atomic mass is 10.1. The molecule has 68 valence electrons. The molecule has 0 spiro atoms. The van der Waals surface area contributed by atoms with Crippen LogP contribution in [0.1, 0.15) is 24.6 Å². The Bertz CT molecular complexity index is 198. The average molecular weight is 185 g/mol. The van der Waals surface area contributed by atoms with Crippen molar-refractivity contribution >= 4 is 11.3 Å². The molecule has 0 fully saturated rings. The fourth-order valence-corrected chi connectivity index (χ4v) is 1.85. The topological polar surface area (TPSA) is 50.9 Å². The normalized spacial score (nSPS) is 13.2. The lowest BCUT2D eigenvalue weighted by Crippen LogP contribution is -2.36. The monoisotopic (exact) mass is 185 g/mol. The summed E-state index contributed by atoms with van der Waals surface area (Å²) in [5, 5.41) is 0. The molecule has 1 atom stereocenters. The van der Waals surface area contributed by atoms with Crippen LogP contribution in [0.4, 0.5) is 0 Å². The van der Waals surface area contributed by atoms with E-state index in [1.165, 1.54) is 4.88 Å². The third-order valence-corrected chi connectivity index (χ3v) is 2.61. The van der Waals surface area contributed by atoms with E-state index in [-0.39, 0.29) is 0 Å². The van der Waals surface area contributed by atoms with Gasteiger partial charge in [-0.3, -0.25) is 16.3 Å². The van der Waals surface area contributed by atoms with Crippen molar-refractivity contribution in [2.75, 3.05) is 0 Å². The van der Waals surface area contributed by atoms with Gasteiger partial charge < -0.3 is 0 Å². The van der Waals surface area contributed by atoms with Gasteiger partial charge in [0.1, 0.15) is 0 Å². The number of thiazole rings is 1. The van der Waals surface area contributed by atoms with Crippen LogP contribution in [0.2, 0.25) is 0 Å². The molecular weight excluding hydrogens is 170 g/mol. The first-order valence-corrected chi connectivity index (χ1v) is 5.08. The molecule has 3 nitrogen and oxygen atoms in total. The number of hydrogen-bond donors (Lipinski definition) is 2. The van der Waals surface area contributed by atoms with E-state index in [9.17, 15) is 0 Å². The Kier molecular flexibility index (Phi) is 4.21. The van der Waals surface area contributed by atoms with Gasteiger partial charge in [-0.1, -0.05) is 13.3 Å². The van der Waals surface area contributed by atoms with Crippen LogP contribution >= 0.6 is 11.3 Å². The predicted octanol–water partition coefficient (Wildman–Crippen LogP) is 1.32. The van der Waals surface area contributed by atoms with Gasteiger partial charge >= 0.3 is 0 Å². The van der Waals surface area contributed by atoms with Crippen LogP contribution in [0.15, 0.2) is 11.7 Å². The second-order valence-electron chi connectivity index (χ2n) is 2.82. The summed E-state index contributed by atoms with van der Waals surface area (Å²) in [5.41, 5.74) is 4.68. The average Bonchev–Trinajstić information content (AvgIpc) is 2.56. The van der Waals surface area contributed by atoms with Crippen molar-refractivity contribution in [2.45, 2.75) is 32.2 Å². The summed E-state index contributed by atoms with van der Waals surface area (Å²) >= 11 is 1.69. The fraction of sp³-hybridized carbons (Fsp3) is 0.625. The molecule has 1 heterocycles. The Labute approximate surface area is 77.0 Å². The van der Waals surface area contributed by atoms with Crippen LogP contribution in [0, 0.1) is 0 Å². The summed E-state index contributed by atoms with van der Waals surface area (Å²) < 4.78 is 0. The van der Waals surface area contributed by atoms with Gasteiger partial charge in [-0.25, -0.2) is 0 Å². The Morgan fingerprint density at radius 2 is 2.58 bits per heavy atom. The zero-order valence-corrected chi connectivity index (χ0v) is 8.10. The van der Waals surface area contributed by atoms with E-state index in [1.54, 1.807) is 11.3 Å². The van der Waals surface area contributed by atoms with Crippen molar-refractivity contribution in [3.63, 3.8) is 0 Å². The quantitative estimate of drug-likeness (QED) is 0.537. The highest BCUT2D eigenvalue weighted by Gasteiger charge is 2.06. The van der Waals surface area contributed by atoms with Gasteiger partial charge in [-0.2, -0.15) is 0 Å². The lowest BCUT2D eigenvalue weighted by molar-refractivity contribution is 0.488. The van der Waals surface area contributed by atoms with Crippen LogP contribution in [-0.2, 0) is 6.42 Å². The molecule has 0 aliphatic rings. The van der Waals surface area contributed by atoms with Crippen LogP contribution in [-0.4, -0.2) is 11.0 Å². The van der Waals surface area contributed by atoms with Crippen LogP contribution < -0.4 is 11.3 Å². The molecule has 1 rings (SSSR count). The van der Waals surface area contributed by atoms with Gasteiger partial charge in [0.15, 0.2) is 0 Å². The Balaban J connectivity index is 2.37. The van der Waals surface area contributed by atoms with E-state index in [0.717, 1.165) is 19.3 Å². The van der Waals surface area contributed by atoms with Crippen molar-refractivity contribution in [2.24, 2.45) is 5.84 Å². The first-order chi connectivity index (χ1) is 5.86. The molecule has 0 aliphatic heterocycles. The third kappa shape index (κ3) is 2.89. The Morgan fingerprint density at radius 1 is 1.75 bits per heavy atom. The smallest absolute Gasteiger partial charge is 0.0794 e. The summed E-state index contributed by atoms with van der Waals surface area (Å²) in [7, 11) is 0. The highest BCUT2D eigenvalue weighted by Crippen LogP contribution is 2.10. The standard InChI is InChI=1S/C8H15N3S/c1-2-3-7(11-9)4-8-5-10-6-12-8/h5-7,11H,2-4,9H2,1H3. The van der Waals surface area contributed by atoms with E-state index in [0.29, 0.717) is 6.04 Å². The number of nitrogens with two attached hydrogens (primary N) is 1. The number of nitrogens with zero attached hydrogens (tertiary/aromatic N) is 1. The first kappa shape index (κ1) is 9.64. The van der Waals surface area contributed by atoms with Gasteiger partial charge in [0.05, 0.1) is 5.51 Å². The minimum atomic E-state index is 0.399. The summed E-state index contributed by atoms with van der Waals surface area (Å²) in [6.07, 6.45) is 5.18. The zero-order chi connectivity index (χ0) is 8.81. The van der Waals surface area contributed by atoms with E-state index < -0.39 is 0 Å². The Hall–Kier alpha value is -0.450. The molecule has 1 aromatic rings. The van der Waals surface area contributed by atoms with Crippen LogP contribution in [0.25, 0.3) is 0 Å². The highest BCUT2D eigenvalue weighted by molar-refractivity contribution is 7.09. The summed E-state index contributed by atoms with van der Waals surface area (Å²) in [6, 6.07) is 0.399. The van der Waals surface area contributed by atoms with E-state index in [4.69, 9.17) is 5.84 Å². The van der Waals surface area contributed by atoms with E-state index >= 15 is 0 Å². The Morgan fingerprint density at radius 3 is 3.08 bits per heavy atom. The highest BCUT2D eigenvalue weighted by atomic mass is 32.1. The molecule has 1 unspecified atom stereocenters. The van der Waals surface area contributed by atoms with Crippen molar-refractivity contribution in [1.29, 1.82) is 0 Å². The summed E-state index contributed by atoms with van der Waals surface area (Å²) in [6.45, 7) is 2.16. The maximum absolute atomic E-state index is 5.41. The summed E-state index contributed by atoms with van der Waals surface area (Å²) in [4.78, 5) is 5.32. The lowest BCUT2D eigenvalue weighted by Gasteiger charge is -2.12. The molecule has 0 amide bonds. The van der Waals surface area contributed by atoms with Crippen molar-refractivity contribution in [1.82, 2.24) is 10.4 Å². The molecule has 0 aliphatic carbocycles. The molecule has 12 heavy (non-hydrogen) atoms. The maximum Gasteiger partial charge on any atom is 0.0794 e. The molecule has 0 aromatic carbocycles. The predicted molar refractivity (Wildman–Crippen MR) is 51.8 cm³/mol. The molecule has 3 N–H and O–H groups in total. The van der Waals surface area contributed by atoms with Crippen molar-refractivity contribution < 1.29 is 0 Å². The molecule has 0 radical (unpaired) electrons. The van der Waals surface area contributed by atoms with Gasteiger partial charge in [0.25, 0.3) is 0 Å². The number of rotatable bonds is 5. The number of hydrogen-bond acceptors (Lipinski definition) is 4. The molecular formula is C8H15N3S. The fourth-order valence-electron chi connectivity index (χ4n) is 1.18. The van der Waals surface area contributed by atoms with Gasteiger partial charge in [0.2, 0.25) is 0 Å². The largest absolute Gasteiger partial charge is 0.271 e. The molecule has 0 bridgehead atoms. The van der Waals surface area contributed by atoms with Crippen molar-refractivity contribution in [3.8, 4) is 0 Å². The molecule has 0 saturated carbocycles. The number of hydrazine groups is 1. The van der Waals surface area contributed by atoms with E-state index in [1.807, 2.05) is 11.7 Å². The van der Waals surface area contributed by atoms with Gasteiger partial charge in [-0.05, 0) is 6.42 Å². The molecule has 0 saturated heterocycles. The van der Waals surface area contributed by atoms with E-state index in [2.05, 4.69) is 17.3 Å². The third-order valence-electron chi connectivity index (χ3n) is 1.80. The summed E-state index contributed by atoms with van der Waals surface area (Å²) in [5.74, 6) is 5.41. The van der Waals surface area contributed by atoms with Crippen LogP contribution in [0.3, 0.4) is 0 Å². The second kappa shape index (κ2) is 5.24. The zero-order valence-electron chi connectivity index (χ0n) is 7.29. The number of aromatic nitrogens is 1. The molecule has 1 aromatic heterocycles. The van der Waals surface area contributed by atoms with Gasteiger partial charge in [0, 0.05) is 23.5 Å². The minimum Gasteiger partial charge on any atom is -0.271 e. The SMILES string of the molecule is CCCC(Cc1cncs1)NN. The van der Waals surface area contributed by atoms with Crippen molar-refractivity contribution in [3.05, 3.63) is 16.6 Å². The van der Waals surface area contributed by atoms with Crippen LogP contribution in [0.5, 0.6) is 0 Å². The minimum absolute atomic E-state index is 0.399. The molecule has 4 heteroatoms. The first-order valence-electron chi connectivity index (χ1n) is 4.20. The number of nitrogens with one attached hydrogen (secondary N) is 1.